The first-order chi connectivity index (χ1) is 9.56. The van der Waals surface area contributed by atoms with E-state index < -0.39 is 0 Å². The first-order valence-corrected chi connectivity index (χ1v) is 6.92. The van der Waals surface area contributed by atoms with Crippen molar-refractivity contribution in [2.75, 3.05) is 0 Å². The minimum Gasteiger partial charge on any atom is -0.155 e. The van der Waals surface area contributed by atoms with E-state index in [4.69, 9.17) is 23.2 Å². The highest BCUT2D eigenvalue weighted by molar-refractivity contribution is 6.31. The van der Waals surface area contributed by atoms with Crippen molar-refractivity contribution >= 4 is 34.6 Å². The molecular formula is C16H14Cl2N2. The lowest BCUT2D eigenvalue weighted by molar-refractivity contribution is 1.22. The van der Waals surface area contributed by atoms with Crippen molar-refractivity contribution < 1.29 is 0 Å². The molecular weight excluding hydrogens is 291 g/mol. The molecule has 0 atom stereocenters. The maximum absolute atomic E-state index is 5.86. The van der Waals surface area contributed by atoms with Gasteiger partial charge in [-0.05, 0) is 49.2 Å². The molecule has 0 amide bonds. The lowest BCUT2D eigenvalue weighted by Gasteiger charge is -2.01. The lowest BCUT2D eigenvalue weighted by Crippen LogP contribution is -1.96. The quantitative estimate of drug-likeness (QED) is 0.548. The molecule has 0 N–H and O–H groups in total. The van der Waals surface area contributed by atoms with Crippen LogP contribution in [0.3, 0.4) is 0 Å². The Labute approximate surface area is 128 Å². The Morgan fingerprint density at radius 2 is 0.950 bits per heavy atom. The Bertz CT molecular complexity index is 582. The Morgan fingerprint density at radius 1 is 0.650 bits per heavy atom. The Balaban J connectivity index is 2.19. The minimum absolute atomic E-state index is 0.711. The van der Waals surface area contributed by atoms with Gasteiger partial charge in [-0.3, -0.25) is 0 Å². The number of rotatable bonds is 3. The van der Waals surface area contributed by atoms with E-state index in [2.05, 4.69) is 10.2 Å². The molecule has 0 bridgehead atoms. The van der Waals surface area contributed by atoms with Gasteiger partial charge in [-0.15, -0.1) is 0 Å². The van der Waals surface area contributed by atoms with Gasteiger partial charge in [-0.25, -0.2) is 0 Å². The summed E-state index contributed by atoms with van der Waals surface area (Å²) in [6, 6.07) is 15.1. The maximum atomic E-state index is 5.86. The Morgan fingerprint density at radius 3 is 1.25 bits per heavy atom. The van der Waals surface area contributed by atoms with Gasteiger partial charge in [-0.2, -0.15) is 10.2 Å². The molecule has 0 aromatic heterocycles. The second-order valence-electron chi connectivity index (χ2n) is 4.38. The van der Waals surface area contributed by atoms with Crippen LogP contribution >= 0.6 is 23.2 Å². The van der Waals surface area contributed by atoms with E-state index in [0.29, 0.717) is 10.0 Å². The number of halogens is 2. The van der Waals surface area contributed by atoms with Crippen molar-refractivity contribution in [2.24, 2.45) is 10.2 Å². The highest BCUT2D eigenvalue weighted by Gasteiger charge is 1.99. The molecule has 0 unspecified atom stereocenters. The first kappa shape index (κ1) is 14.8. The van der Waals surface area contributed by atoms with Crippen LogP contribution in [0.2, 0.25) is 10.0 Å². The molecule has 0 fully saturated rings. The van der Waals surface area contributed by atoms with Crippen LogP contribution in [0.5, 0.6) is 0 Å². The van der Waals surface area contributed by atoms with Crippen molar-refractivity contribution in [3.63, 3.8) is 0 Å². The van der Waals surface area contributed by atoms with Gasteiger partial charge in [0.15, 0.2) is 0 Å². The molecule has 0 aliphatic heterocycles. The SMILES string of the molecule is C/C(=N/N=C(/C)c1ccc(Cl)cc1)c1ccc(Cl)cc1. The summed E-state index contributed by atoms with van der Waals surface area (Å²) in [5, 5.41) is 9.92. The van der Waals surface area contributed by atoms with Crippen molar-refractivity contribution in [3.8, 4) is 0 Å². The molecule has 0 aliphatic carbocycles. The predicted molar refractivity (Wildman–Crippen MR) is 87.3 cm³/mol. The van der Waals surface area contributed by atoms with E-state index in [1.165, 1.54) is 0 Å². The highest BCUT2D eigenvalue weighted by Crippen LogP contribution is 2.12. The van der Waals surface area contributed by atoms with Crippen molar-refractivity contribution in [2.45, 2.75) is 13.8 Å². The Hall–Kier alpha value is -1.64. The van der Waals surface area contributed by atoms with Gasteiger partial charge in [-0.1, -0.05) is 47.5 Å². The Kier molecular flexibility index (Phi) is 4.94. The van der Waals surface area contributed by atoms with Crippen LogP contribution in [0.4, 0.5) is 0 Å². The average Bonchev–Trinajstić information content (AvgIpc) is 2.46. The summed E-state index contributed by atoms with van der Waals surface area (Å²) in [5.41, 5.74) is 3.69. The van der Waals surface area contributed by atoms with Gasteiger partial charge in [0, 0.05) is 10.0 Å². The van der Waals surface area contributed by atoms with Gasteiger partial charge in [0.25, 0.3) is 0 Å². The number of hydrogen-bond donors (Lipinski definition) is 0. The van der Waals surface area contributed by atoms with Crippen LogP contribution in [0, 0.1) is 0 Å². The van der Waals surface area contributed by atoms with Crippen LogP contribution < -0.4 is 0 Å². The van der Waals surface area contributed by atoms with Gasteiger partial charge in [0.05, 0.1) is 11.4 Å². The van der Waals surface area contributed by atoms with Gasteiger partial charge in [0.2, 0.25) is 0 Å². The standard InChI is InChI=1S/C16H14Cl2N2/c1-11(13-3-7-15(17)8-4-13)19-20-12(2)14-5-9-16(18)10-6-14/h3-10H,1-2H3/b19-11-,20-12-. The van der Waals surface area contributed by atoms with E-state index in [1.54, 1.807) is 0 Å². The summed E-state index contributed by atoms with van der Waals surface area (Å²) in [6.45, 7) is 3.84. The summed E-state index contributed by atoms with van der Waals surface area (Å²) in [5.74, 6) is 0. The second kappa shape index (κ2) is 6.69. The summed E-state index contributed by atoms with van der Waals surface area (Å²) in [4.78, 5) is 0. The van der Waals surface area contributed by atoms with E-state index in [1.807, 2.05) is 62.4 Å². The summed E-state index contributed by atoms with van der Waals surface area (Å²) in [7, 11) is 0. The third-order valence-electron chi connectivity index (χ3n) is 2.87. The fraction of sp³-hybridized carbons (Fsp3) is 0.125. The van der Waals surface area contributed by atoms with Gasteiger partial charge in [0.1, 0.15) is 0 Å². The molecule has 4 heteroatoms. The molecule has 102 valence electrons. The van der Waals surface area contributed by atoms with Crippen LogP contribution in [0.15, 0.2) is 58.7 Å². The van der Waals surface area contributed by atoms with E-state index in [0.717, 1.165) is 22.6 Å². The maximum Gasteiger partial charge on any atom is 0.0671 e. The first-order valence-electron chi connectivity index (χ1n) is 6.17. The summed E-state index contributed by atoms with van der Waals surface area (Å²) in [6.07, 6.45) is 0. The van der Waals surface area contributed by atoms with E-state index >= 15 is 0 Å². The molecule has 0 saturated carbocycles. The average molecular weight is 305 g/mol. The van der Waals surface area contributed by atoms with Crippen LogP contribution in [0.1, 0.15) is 25.0 Å². The topological polar surface area (TPSA) is 24.7 Å². The van der Waals surface area contributed by atoms with Gasteiger partial charge < -0.3 is 0 Å². The van der Waals surface area contributed by atoms with Crippen molar-refractivity contribution in [1.82, 2.24) is 0 Å². The second-order valence-corrected chi connectivity index (χ2v) is 5.26. The normalized spacial score (nSPS) is 12.6. The third kappa shape index (κ3) is 3.92. The van der Waals surface area contributed by atoms with Crippen LogP contribution in [0.25, 0.3) is 0 Å². The fourth-order valence-corrected chi connectivity index (χ4v) is 1.90. The minimum atomic E-state index is 0.711. The van der Waals surface area contributed by atoms with Gasteiger partial charge >= 0.3 is 0 Å². The lowest BCUT2D eigenvalue weighted by atomic mass is 10.1. The molecule has 2 aromatic rings. The molecule has 0 saturated heterocycles. The monoisotopic (exact) mass is 304 g/mol. The zero-order valence-corrected chi connectivity index (χ0v) is 12.8. The number of nitrogens with zero attached hydrogens (tertiary/aromatic N) is 2. The highest BCUT2D eigenvalue weighted by atomic mass is 35.5. The summed E-state index contributed by atoms with van der Waals surface area (Å²) < 4.78 is 0. The largest absolute Gasteiger partial charge is 0.155 e. The molecule has 2 rings (SSSR count). The van der Waals surface area contributed by atoms with E-state index in [-0.39, 0.29) is 0 Å². The molecule has 0 aliphatic rings. The van der Waals surface area contributed by atoms with Crippen molar-refractivity contribution in [1.29, 1.82) is 0 Å². The number of benzene rings is 2. The zero-order valence-electron chi connectivity index (χ0n) is 11.3. The molecule has 20 heavy (non-hydrogen) atoms. The smallest absolute Gasteiger partial charge is 0.0671 e. The molecule has 0 radical (unpaired) electrons. The van der Waals surface area contributed by atoms with Crippen LogP contribution in [-0.2, 0) is 0 Å². The predicted octanol–water partition coefficient (Wildman–Crippen LogP) is 5.23. The van der Waals surface area contributed by atoms with Crippen LogP contribution in [-0.4, -0.2) is 11.4 Å². The molecule has 2 aromatic carbocycles. The number of hydrogen-bond acceptors (Lipinski definition) is 2. The van der Waals surface area contributed by atoms with E-state index in [9.17, 15) is 0 Å². The molecule has 2 nitrogen and oxygen atoms in total. The molecule has 0 heterocycles. The zero-order chi connectivity index (χ0) is 14.5. The fourth-order valence-electron chi connectivity index (χ4n) is 1.65. The molecule has 0 spiro atoms. The third-order valence-corrected chi connectivity index (χ3v) is 3.38. The van der Waals surface area contributed by atoms with Crippen molar-refractivity contribution in [3.05, 3.63) is 69.7 Å². The summed E-state index contributed by atoms with van der Waals surface area (Å²) >= 11 is 11.7.